The zero-order valence-electron chi connectivity index (χ0n) is 23.0. The number of amides is 2. The molecule has 0 bridgehead atoms. The first-order valence-electron chi connectivity index (χ1n) is 12.7. The van der Waals surface area contributed by atoms with E-state index in [2.05, 4.69) is 25.5 Å². The van der Waals surface area contributed by atoms with E-state index in [4.69, 9.17) is 15.7 Å². The molecule has 45 heavy (non-hydrogen) atoms. The maximum atomic E-state index is 13.3. The van der Waals surface area contributed by atoms with E-state index in [1.807, 2.05) is 0 Å². The molecule has 1 saturated heterocycles. The molecule has 4 heterocycles. The lowest BCUT2D eigenvalue weighted by atomic mass is 10.0. The second kappa shape index (κ2) is 13.0. The summed E-state index contributed by atoms with van der Waals surface area (Å²) >= 11 is 3.30. The number of benzene rings is 1. The molecule has 2 aliphatic heterocycles. The normalized spacial score (nSPS) is 17.8. The Balaban J connectivity index is 1.30. The lowest BCUT2D eigenvalue weighted by Crippen LogP contribution is -2.71. The van der Waals surface area contributed by atoms with E-state index in [-0.39, 0.29) is 51.1 Å². The number of carbonyl (C=O) groups is 4. The average Bonchev–Trinajstić information content (AvgIpc) is 3.44. The van der Waals surface area contributed by atoms with Crippen LogP contribution in [0, 0.1) is 0 Å². The third kappa shape index (κ3) is 6.61. The predicted octanol–water partition coefficient (Wildman–Crippen LogP) is -0.343. The number of β-lactam (4-membered cyclic amide) rings is 1. The monoisotopic (exact) mass is 674 g/mol. The first-order valence-corrected chi connectivity index (χ1v) is 15.6. The minimum atomic E-state index is -1.35. The number of aromatic nitrogens is 4. The van der Waals surface area contributed by atoms with Crippen molar-refractivity contribution in [3.05, 3.63) is 78.4 Å². The van der Waals surface area contributed by atoms with Gasteiger partial charge in [0.05, 0.1) is 5.56 Å². The molecule has 0 aliphatic carbocycles. The maximum Gasteiger partial charge on any atom is 0.352 e. The number of carboxylic acid groups (broad SMARTS) is 2. The number of hydrogen-bond donors (Lipinski definition) is 5. The van der Waals surface area contributed by atoms with Crippen LogP contribution in [-0.2, 0) is 32.9 Å². The lowest BCUT2D eigenvalue weighted by molar-refractivity contribution is -0.150. The molecule has 2 amide bonds. The Hall–Kier alpha value is -4.95. The summed E-state index contributed by atoms with van der Waals surface area (Å²) in [6.45, 7) is -0.110. The Morgan fingerprint density at radius 2 is 1.91 bits per heavy atom. The number of fused-ring (bicyclic) bond motifs is 1. The highest BCUT2D eigenvalue weighted by atomic mass is 32.2. The van der Waals surface area contributed by atoms with Gasteiger partial charge in [-0.15, -0.1) is 23.1 Å². The number of oxime groups is 1. The van der Waals surface area contributed by atoms with Gasteiger partial charge in [0.25, 0.3) is 11.8 Å². The molecule has 5 rings (SSSR count). The third-order valence-electron chi connectivity index (χ3n) is 6.43. The van der Waals surface area contributed by atoms with Gasteiger partial charge < -0.3 is 26.1 Å². The first-order chi connectivity index (χ1) is 21.4. The van der Waals surface area contributed by atoms with Gasteiger partial charge in [0, 0.05) is 23.9 Å². The zero-order valence-corrected chi connectivity index (χ0v) is 25.4. The minimum Gasteiger partial charge on any atom is -0.478 e. The van der Waals surface area contributed by atoms with Crippen LogP contribution in [0.15, 0.2) is 60.8 Å². The molecule has 0 radical (unpaired) electrons. The van der Waals surface area contributed by atoms with Crippen molar-refractivity contribution in [3.63, 3.8) is 0 Å². The van der Waals surface area contributed by atoms with Gasteiger partial charge in [-0.1, -0.05) is 29.1 Å². The highest BCUT2D eigenvalue weighted by molar-refractivity contribution is 8.01. The molecule has 20 heteroatoms. The van der Waals surface area contributed by atoms with Crippen molar-refractivity contribution in [2.75, 3.05) is 17.2 Å². The molecule has 0 spiro atoms. The van der Waals surface area contributed by atoms with Crippen LogP contribution in [0.3, 0.4) is 0 Å². The number of aromatic carboxylic acids is 1. The van der Waals surface area contributed by atoms with Crippen LogP contribution < -0.4 is 22.2 Å². The molecule has 17 nitrogen and oxygen atoms in total. The number of hydrogen-bond acceptors (Lipinski definition) is 14. The third-order valence-corrected chi connectivity index (χ3v) is 9.56. The first kappa shape index (κ1) is 31.5. The quantitative estimate of drug-likeness (QED) is 0.0574. The topological polar surface area (TPSA) is 252 Å². The second-order valence-corrected chi connectivity index (χ2v) is 12.3. The molecule has 234 valence electrons. The SMILES string of the molecule is Cn1[nH]c(=O)c(=O)nc1SCC1=C(C(=O)O)N2C(=O)[C@@H](NC(=O)C(=NOCc3ccc(C(=O)O)cc3)c3csc(N)n3)[C@@H]2SC1. The molecule has 0 saturated carbocycles. The fourth-order valence-corrected chi connectivity index (χ4v) is 7.21. The van der Waals surface area contributed by atoms with Crippen molar-refractivity contribution in [2.24, 2.45) is 12.2 Å². The van der Waals surface area contributed by atoms with Gasteiger partial charge in [0.15, 0.2) is 16.0 Å². The van der Waals surface area contributed by atoms with E-state index >= 15 is 0 Å². The summed E-state index contributed by atoms with van der Waals surface area (Å²) in [5.74, 6) is -3.65. The van der Waals surface area contributed by atoms with Crippen LogP contribution in [0.25, 0.3) is 0 Å². The Kier molecular flexibility index (Phi) is 9.06. The molecular formula is C25H22N8O9S3. The van der Waals surface area contributed by atoms with Gasteiger partial charge in [0.1, 0.15) is 29.4 Å². The van der Waals surface area contributed by atoms with Crippen molar-refractivity contribution in [1.29, 1.82) is 0 Å². The highest BCUT2D eigenvalue weighted by Gasteiger charge is 2.54. The van der Waals surface area contributed by atoms with Gasteiger partial charge in [-0.25, -0.2) is 14.6 Å². The number of aliphatic carboxylic acids is 1. The zero-order chi connectivity index (χ0) is 32.4. The fraction of sp³-hybridized carbons (Fsp3) is 0.240. The number of nitrogens with two attached hydrogens (primary N) is 1. The average molecular weight is 675 g/mol. The van der Waals surface area contributed by atoms with Crippen molar-refractivity contribution < 1.29 is 34.2 Å². The smallest absolute Gasteiger partial charge is 0.352 e. The minimum absolute atomic E-state index is 0.0624. The van der Waals surface area contributed by atoms with Crippen molar-refractivity contribution in [1.82, 2.24) is 30.0 Å². The molecule has 3 aromatic rings. The molecular weight excluding hydrogens is 653 g/mol. The number of thioether (sulfide) groups is 2. The van der Waals surface area contributed by atoms with Gasteiger partial charge in [-0.05, 0) is 23.3 Å². The number of nitrogens with zero attached hydrogens (tertiary/aromatic N) is 5. The summed E-state index contributed by atoms with van der Waals surface area (Å²) in [4.78, 5) is 87.1. The van der Waals surface area contributed by atoms with E-state index in [1.165, 1.54) is 53.1 Å². The number of H-pyrrole nitrogens is 1. The summed E-state index contributed by atoms with van der Waals surface area (Å²) in [6, 6.07) is 4.75. The number of nitrogen functional groups attached to an aromatic ring is 1. The molecule has 2 aliphatic rings. The Labute approximate surface area is 264 Å². The Morgan fingerprint density at radius 3 is 2.56 bits per heavy atom. The van der Waals surface area contributed by atoms with Crippen molar-refractivity contribution >= 4 is 69.5 Å². The van der Waals surface area contributed by atoms with Crippen LogP contribution >= 0.6 is 34.9 Å². The molecule has 6 N–H and O–H groups in total. The van der Waals surface area contributed by atoms with Crippen LogP contribution in [0.4, 0.5) is 5.13 Å². The molecule has 1 aromatic carbocycles. The van der Waals surface area contributed by atoms with E-state index in [0.717, 1.165) is 28.0 Å². The van der Waals surface area contributed by atoms with Gasteiger partial charge in [-0.2, -0.15) is 4.98 Å². The number of rotatable bonds is 11. The van der Waals surface area contributed by atoms with E-state index in [0.29, 0.717) is 11.1 Å². The number of anilines is 1. The molecule has 0 unspecified atom stereocenters. The van der Waals surface area contributed by atoms with E-state index in [9.17, 15) is 33.9 Å². The van der Waals surface area contributed by atoms with E-state index < -0.39 is 46.3 Å². The lowest BCUT2D eigenvalue weighted by Gasteiger charge is -2.49. The number of aryl methyl sites for hydroxylation is 1. The summed E-state index contributed by atoms with van der Waals surface area (Å²) in [6.07, 6.45) is 0. The van der Waals surface area contributed by atoms with Crippen LogP contribution in [0.2, 0.25) is 0 Å². The number of nitrogens with one attached hydrogen (secondary N) is 2. The number of aromatic amines is 1. The summed E-state index contributed by atoms with van der Waals surface area (Å²) < 4.78 is 1.24. The number of thiazole rings is 1. The van der Waals surface area contributed by atoms with Gasteiger partial charge in [0.2, 0.25) is 0 Å². The molecule has 2 atom stereocenters. The standard InChI is InChI=1S/C25H22N8O9S3/c1-32-25(29-18(35)19(36)30-32)45-8-12-7-43-21-15(20(37)33(21)16(12)23(40)41)28-17(34)14(13-9-44-24(26)27-13)31-42-6-10-2-4-11(5-3-10)22(38)39/h2-5,9,15,21H,6-8H2,1H3,(H2,26,27)(H,28,34)(H,30,36)(H,38,39)(H,40,41)/t15-,21+/m1/s1. The van der Waals surface area contributed by atoms with Crippen LogP contribution in [0.5, 0.6) is 0 Å². The van der Waals surface area contributed by atoms with Gasteiger partial charge >= 0.3 is 23.1 Å². The summed E-state index contributed by atoms with van der Waals surface area (Å²) in [7, 11) is 1.47. The van der Waals surface area contributed by atoms with Crippen LogP contribution in [0.1, 0.15) is 21.6 Å². The summed E-state index contributed by atoms with van der Waals surface area (Å²) in [5, 5.41) is 28.9. The Bertz CT molecular complexity index is 1880. The highest BCUT2D eigenvalue weighted by Crippen LogP contribution is 2.41. The van der Waals surface area contributed by atoms with Gasteiger partial charge in [-0.3, -0.25) is 33.9 Å². The summed E-state index contributed by atoms with van der Waals surface area (Å²) in [5.41, 5.74) is 4.47. The largest absolute Gasteiger partial charge is 0.478 e. The van der Waals surface area contributed by atoms with E-state index in [1.54, 1.807) is 0 Å². The van der Waals surface area contributed by atoms with Crippen molar-refractivity contribution in [3.8, 4) is 0 Å². The second-order valence-electron chi connectivity index (χ2n) is 9.39. The Morgan fingerprint density at radius 1 is 1.18 bits per heavy atom. The predicted molar refractivity (Wildman–Crippen MR) is 162 cm³/mol. The number of carbonyl (C=O) groups excluding carboxylic acids is 2. The molecule has 1 fully saturated rings. The van der Waals surface area contributed by atoms with Crippen molar-refractivity contribution in [2.45, 2.75) is 23.2 Å². The van der Waals surface area contributed by atoms with Crippen LogP contribution in [-0.4, -0.2) is 87.2 Å². The maximum absolute atomic E-state index is 13.3. The number of carboxylic acids is 2. The molecule has 2 aromatic heterocycles. The fourth-order valence-electron chi connectivity index (χ4n) is 4.26.